The second-order valence-corrected chi connectivity index (χ2v) is 9.04. The number of carbonyl (C=O) groups excluding carboxylic acids is 1. The molecule has 2 unspecified atom stereocenters. The molecule has 0 N–H and O–H groups in total. The zero-order valence-corrected chi connectivity index (χ0v) is 17.2. The first-order valence-electron chi connectivity index (χ1n) is 9.62. The molecule has 2 bridgehead atoms. The number of likely N-dealkylation sites (tertiary alicyclic amines) is 1. The first-order valence-corrected chi connectivity index (χ1v) is 10.4. The van der Waals surface area contributed by atoms with E-state index >= 15 is 0 Å². The second-order valence-electron chi connectivity index (χ2n) is 8.04. The summed E-state index contributed by atoms with van der Waals surface area (Å²) in [7, 11) is 0. The van der Waals surface area contributed by atoms with Gasteiger partial charge in [0, 0.05) is 13.1 Å². The van der Waals surface area contributed by atoms with E-state index < -0.39 is 11.5 Å². The van der Waals surface area contributed by atoms with E-state index in [9.17, 15) is 13.6 Å². The summed E-state index contributed by atoms with van der Waals surface area (Å²) in [5.74, 6) is -0.536. The van der Waals surface area contributed by atoms with E-state index in [-0.39, 0.29) is 29.4 Å². The monoisotopic (exact) mass is 431 g/mol. The zero-order valence-electron chi connectivity index (χ0n) is 16.4. The van der Waals surface area contributed by atoms with Crippen LogP contribution in [0.4, 0.5) is 13.9 Å². The van der Waals surface area contributed by atoms with Crippen molar-refractivity contribution in [3.63, 3.8) is 0 Å². The van der Waals surface area contributed by atoms with Crippen molar-refractivity contribution in [2.24, 2.45) is 0 Å². The van der Waals surface area contributed by atoms with Crippen LogP contribution >= 0.6 is 11.3 Å². The molecular weight excluding hydrogens is 412 g/mol. The molecule has 3 aromatic rings. The van der Waals surface area contributed by atoms with E-state index in [4.69, 9.17) is 4.52 Å². The van der Waals surface area contributed by atoms with Gasteiger partial charge in [-0.2, -0.15) is 4.98 Å². The molecule has 156 valence electrons. The molecule has 1 aromatic carbocycles. The molecule has 2 saturated heterocycles. The highest BCUT2D eigenvalue weighted by molar-refractivity contribution is 7.18. The molecule has 30 heavy (non-hydrogen) atoms. The molecule has 0 aliphatic carbocycles. The predicted molar refractivity (Wildman–Crippen MR) is 107 cm³/mol. The lowest BCUT2D eigenvalue weighted by Gasteiger charge is -2.34. The maximum absolute atomic E-state index is 14.0. The standard InChI is InChI=1S/C20H19F2N5O2S/c1-20(2,22)18-24-16(25-29-18)15-8-23-19(30-15)27-10-11-7-12(27)9-26(11)17(28)13-5-3-4-6-14(13)21/h3-6,8,11-12H,7,9-10H2,1-2H3. The number of piperazine rings is 1. The average molecular weight is 431 g/mol. The normalized spacial score (nSPS) is 20.9. The molecule has 2 aromatic heterocycles. The van der Waals surface area contributed by atoms with Gasteiger partial charge in [0.05, 0.1) is 28.7 Å². The van der Waals surface area contributed by atoms with Crippen molar-refractivity contribution in [2.45, 2.75) is 38.0 Å². The van der Waals surface area contributed by atoms with Gasteiger partial charge < -0.3 is 14.3 Å². The van der Waals surface area contributed by atoms with Crippen LogP contribution in [-0.2, 0) is 5.67 Å². The highest BCUT2D eigenvalue weighted by Crippen LogP contribution is 2.39. The fourth-order valence-electron chi connectivity index (χ4n) is 4.01. The number of anilines is 1. The van der Waals surface area contributed by atoms with Crippen LogP contribution in [0.3, 0.4) is 0 Å². The van der Waals surface area contributed by atoms with Crippen LogP contribution in [0.15, 0.2) is 35.0 Å². The first kappa shape index (κ1) is 19.1. The van der Waals surface area contributed by atoms with Gasteiger partial charge >= 0.3 is 0 Å². The van der Waals surface area contributed by atoms with Crippen molar-refractivity contribution in [1.29, 1.82) is 0 Å². The van der Waals surface area contributed by atoms with Crippen molar-refractivity contribution in [3.05, 3.63) is 47.7 Å². The van der Waals surface area contributed by atoms with Gasteiger partial charge in [-0.1, -0.05) is 28.6 Å². The minimum Gasteiger partial charge on any atom is -0.341 e. The molecule has 1 amide bonds. The largest absolute Gasteiger partial charge is 0.341 e. The topological polar surface area (TPSA) is 75.4 Å². The van der Waals surface area contributed by atoms with Gasteiger partial charge in [-0.15, -0.1) is 0 Å². The Hall–Kier alpha value is -2.88. The third kappa shape index (κ3) is 3.15. The Kier molecular flexibility index (Phi) is 4.35. The summed E-state index contributed by atoms with van der Waals surface area (Å²) in [5, 5.41) is 4.65. The molecule has 0 saturated carbocycles. The van der Waals surface area contributed by atoms with Gasteiger partial charge in [0.2, 0.25) is 5.82 Å². The molecule has 2 aliphatic rings. The van der Waals surface area contributed by atoms with Gasteiger partial charge in [0.15, 0.2) is 10.8 Å². The number of benzene rings is 1. The van der Waals surface area contributed by atoms with E-state index in [1.165, 1.54) is 37.3 Å². The average Bonchev–Trinajstić information content (AvgIpc) is 3.49. The lowest BCUT2D eigenvalue weighted by Crippen LogP contribution is -2.49. The Morgan fingerprint density at radius 2 is 2.07 bits per heavy atom. The minimum atomic E-state index is -1.71. The number of hydrogen-bond donors (Lipinski definition) is 0. The minimum absolute atomic E-state index is 0.0126. The Morgan fingerprint density at radius 1 is 1.27 bits per heavy atom. The van der Waals surface area contributed by atoms with Gasteiger partial charge in [-0.3, -0.25) is 4.79 Å². The predicted octanol–water partition coefficient (Wildman–Crippen LogP) is 3.64. The molecule has 2 atom stereocenters. The summed E-state index contributed by atoms with van der Waals surface area (Å²) >= 11 is 1.40. The SMILES string of the molecule is CC(C)(F)c1nc(-c2cnc(N3CC4CC3CN4C(=O)c3ccccc3F)s2)no1. The van der Waals surface area contributed by atoms with E-state index in [0.29, 0.717) is 23.8 Å². The van der Waals surface area contributed by atoms with E-state index in [2.05, 4.69) is 20.0 Å². The molecule has 0 spiro atoms. The summed E-state index contributed by atoms with van der Waals surface area (Å²) in [6, 6.07) is 6.20. The van der Waals surface area contributed by atoms with Gasteiger partial charge in [-0.05, 0) is 32.4 Å². The van der Waals surface area contributed by atoms with Crippen molar-refractivity contribution in [3.8, 4) is 10.7 Å². The van der Waals surface area contributed by atoms with Crippen molar-refractivity contribution < 1.29 is 18.1 Å². The molecule has 7 nitrogen and oxygen atoms in total. The number of nitrogens with zero attached hydrogens (tertiary/aromatic N) is 5. The summed E-state index contributed by atoms with van der Waals surface area (Å²) < 4.78 is 33.0. The number of hydrogen-bond acceptors (Lipinski definition) is 7. The summed E-state index contributed by atoms with van der Waals surface area (Å²) in [5.41, 5.74) is -1.60. The van der Waals surface area contributed by atoms with Crippen LogP contribution in [0.25, 0.3) is 10.7 Å². The quantitative estimate of drug-likeness (QED) is 0.628. The van der Waals surface area contributed by atoms with E-state index in [1.807, 2.05) is 0 Å². The zero-order chi connectivity index (χ0) is 21.0. The Morgan fingerprint density at radius 3 is 2.73 bits per heavy atom. The smallest absolute Gasteiger partial charge is 0.264 e. The molecular formula is C20H19F2N5O2S. The first-order chi connectivity index (χ1) is 14.3. The number of rotatable bonds is 4. The van der Waals surface area contributed by atoms with Gasteiger partial charge in [0.1, 0.15) is 5.82 Å². The number of halogens is 2. The van der Waals surface area contributed by atoms with Crippen molar-refractivity contribution >= 4 is 22.4 Å². The maximum atomic E-state index is 14.0. The van der Waals surface area contributed by atoms with Crippen LogP contribution < -0.4 is 4.90 Å². The molecule has 4 heterocycles. The third-order valence-electron chi connectivity index (χ3n) is 5.50. The van der Waals surface area contributed by atoms with Crippen molar-refractivity contribution in [1.82, 2.24) is 20.0 Å². The van der Waals surface area contributed by atoms with Crippen LogP contribution in [-0.4, -0.2) is 51.1 Å². The lowest BCUT2D eigenvalue weighted by molar-refractivity contribution is 0.0721. The third-order valence-corrected chi connectivity index (χ3v) is 6.53. The second kappa shape index (κ2) is 6.83. The Bertz CT molecular complexity index is 1110. The van der Waals surface area contributed by atoms with E-state index in [1.54, 1.807) is 23.2 Å². The number of fused-ring (bicyclic) bond motifs is 2. The number of carbonyl (C=O) groups is 1. The molecule has 5 rings (SSSR count). The number of aromatic nitrogens is 3. The molecule has 2 aliphatic heterocycles. The van der Waals surface area contributed by atoms with Gasteiger partial charge in [0.25, 0.3) is 11.8 Å². The lowest BCUT2D eigenvalue weighted by atomic mass is 10.1. The van der Waals surface area contributed by atoms with Crippen LogP contribution in [0.1, 0.15) is 36.5 Å². The number of amides is 1. The molecule has 2 fully saturated rings. The van der Waals surface area contributed by atoms with E-state index in [0.717, 1.165) is 11.6 Å². The number of thiazole rings is 1. The molecule has 0 radical (unpaired) electrons. The summed E-state index contributed by atoms with van der Waals surface area (Å²) in [6.07, 6.45) is 2.46. The Balaban J connectivity index is 1.31. The number of alkyl halides is 1. The fourth-order valence-corrected chi connectivity index (χ4v) is 4.93. The molecule has 10 heteroatoms. The maximum Gasteiger partial charge on any atom is 0.264 e. The van der Waals surface area contributed by atoms with Crippen LogP contribution in [0.2, 0.25) is 0 Å². The highest BCUT2D eigenvalue weighted by Gasteiger charge is 2.46. The van der Waals surface area contributed by atoms with Gasteiger partial charge in [-0.25, -0.2) is 13.8 Å². The van der Waals surface area contributed by atoms with Crippen LogP contribution in [0.5, 0.6) is 0 Å². The fraction of sp³-hybridized carbons (Fsp3) is 0.400. The summed E-state index contributed by atoms with van der Waals surface area (Å²) in [4.78, 5) is 26.0. The van der Waals surface area contributed by atoms with Crippen LogP contribution in [0, 0.1) is 5.82 Å². The summed E-state index contributed by atoms with van der Waals surface area (Å²) in [6.45, 7) is 3.87. The Labute approximate surface area is 175 Å². The van der Waals surface area contributed by atoms with Crippen molar-refractivity contribution in [2.75, 3.05) is 18.0 Å². The highest BCUT2D eigenvalue weighted by atomic mass is 32.1.